The van der Waals surface area contributed by atoms with Crippen molar-refractivity contribution in [1.82, 2.24) is 4.57 Å². The summed E-state index contributed by atoms with van der Waals surface area (Å²) in [6.45, 7) is 0. The van der Waals surface area contributed by atoms with E-state index in [2.05, 4.69) is 109 Å². The van der Waals surface area contributed by atoms with Gasteiger partial charge in [0.2, 0.25) is 0 Å². The number of pyridine rings is 1. The van der Waals surface area contributed by atoms with Crippen LogP contribution >= 0.6 is 0 Å². The molecule has 1 aliphatic heterocycles. The fraction of sp³-hybridized carbons (Fsp3) is 0.0833. The number of hydrogen-bond acceptors (Lipinski definition) is 1. The van der Waals surface area contributed by atoms with Crippen molar-refractivity contribution in [2.24, 2.45) is 0 Å². The van der Waals surface area contributed by atoms with Crippen molar-refractivity contribution in [3.8, 4) is 16.8 Å². The van der Waals surface area contributed by atoms with Crippen LogP contribution in [0.1, 0.15) is 0 Å². The molecule has 26 heavy (non-hydrogen) atoms. The average molecular weight is 336 g/mol. The molecule has 3 aromatic rings. The predicted molar refractivity (Wildman–Crippen MR) is 112 cm³/mol. The number of rotatable bonds is 2. The highest BCUT2D eigenvalue weighted by molar-refractivity contribution is 6.11. The van der Waals surface area contributed by atoms with E-state index >= 15 is 0 Å². The maximum Gasteiger partial charge on any atom is 0.0612 e. The van der Waals surface area contributed by atoms with Gasteiger partial charge in [0.1, 0.15) is 0 Å². The minimum absolute atomic E-state index is 1.18. The lowest BCUT2D eigenvalue weighted by Gasteiger charge is -2.19. The fourth-order valence-corrected chi connectivity index (χ4v) is 3.84. The molecule has 3 aromatic carbocycles. The molecule has 1 aliphatic carbocycles. The van der Waals surface area contributed by atoms with Gasteiger partial charge in [-0.25, -0.2) is 0 Å². The predicted octanol–water partition coefficient (Wildman–Crippen LogP) is 5.95. The van der Waals surface area contributed by atoms with E-state index in [-0.39, 0.29) is 0 Å². The highest BCUT2D eigenvalue weighted by atomic mass is 15.1. The van der Waals surface area contributed by atoms with Crippen LogP contribution in [0.5, 0.6) is 0 Å². The molecule has 1 heterocycles. The molecule has 0 saturated heterocycles. The van der Waals surface area contributed by atoms with Crippen molar-refractivity contribution >= 4 is 27.4 Å². The van der Waals surface area contributed by atoms with E-state index < -0.39 is 0 Å². The quantitative estimate of drug-likeness (QED) is 0.361. The van der Waals surface area contributed by atoms with E-state index in [4.69, 9.17) is 0 Å². The van der Waals surface area contributed by atoms with E-state index in [0.29, 0.717) is 0 Å². The van der Waals surface area contributed by atoms with Gasteiger partial charge in [-0.1, -0.05) is 54.6 Å². The zero-order valence-electron chi connectivity index (χ0n) is 15.0. The zero-order valence-corrected chi connectivity index (χ0v) is 15.0. The molecule has 0 fully saturated rings. The minimum atomic E-state index is 1.18. The monoisotopic (exact) mass is 336 g/mol. The molecular weight excluding hydrogens is 316 g/mol. The van der Waals surface area contributed by atoms with Crippen molar-refractivity contribution in [3.05, 3.63) is 85.1 Å². The second kappa shape index (κ2) is 5.63. The van der Waals surface area contributed by atoms with Crippen molar-refractivity contribution in [3.63, 3.8) is 0 Å². The summed E-state index contributed by atoms with van der Waals surface area (Å²) in [6.07, 6.45) is 2.26. The van der Waals surface area contributed by atoms with E-state index in [1.807, 2.05) is 0 Å². The van der Waals surface area contributed by atoms with Gasteiger partial charge in [-0.3, -0.25) is 0 Å². The molecule has 0 unspecified atom stereocenters. The average Bonchev–Trinajstić information content (AvgIpc) is 3.16. The van der Waals surface area contributed by atoms with Gasteiger partial charge in [0, 0.05) is 42.4 Å². The minimum Gasteiger partial charge on any atom is -0.378 e. The number of fused-ring (bicyclic) bond motifs is 5. The summed E-state index contributed by atoms with van der Waals surface area (Å²) in [5.74, 6) is 0. The van der Waals surface area contributed by atoms with E-state index in [1.165, 1.54) is 44.2 Å². The molecule has 0 bridgehead atoms. The van der Waals surface area contributed by atoms with Crippen LogP contribution < -0.4 is 4.90 Å². The normalized spacial score (nSPS) is 11.5. The number of nitrogens with zero attached hydrogens (tertiary/aromatic N) is 2. The van der Waals surface area contributed by atoms with Gasteiger partial charge < -0.3 is 9.47 Å². The molecule has 0 spiro atoms. The molecule has 5 rings (SSSR count). The SMILES string of the molecule is CN(C)c1ccc(-n2cc3cccc-3c3ccc4ccccc4c32)cc1. The molecule has 126 valence electrons. The molecule has 0 atom stereocenters. The fourth-order valence-electron chi connectivity index (χ4n) is 3.84. The summed E-state index contributed by atoms with van der Waals surface area (Å²) in [6, 6.07) is 28.4. The van der Waals surface area contributed by atoms with Gasteiger partial charge in [0.25, 0.3) is 0 Å². The van der Waals surface area contributed by atoms with Gasteiger partial charge in [-0.2, -0.15) is 0 Å². The lowest BCUT2D eigenvalue weighted by molar-refractivity contribution is 1.10. The van der Waals surface area contributed by atoms with Crippen LogP contribution in [0.15, 0.2) is 85.1 Å². The molecule has 0 saturated carbocycles. The topological polar surface area (TPSA) is 8.17 Å². The number of aromatic nitrogens is 1. The second-order valence-corrected chi connectivity index (χ2v) is 6.99. The van der Waals surface area contributed by atoms with Gasteiger partial charge in [-0.05, 0) is 40.8 Å². The third-order valence-electron chi connectivity index (χ3n) is 5.19. The Balaban J connectivity index is 1.90. The molecule has 2 heteroatoms. The Morgan fingerprint density at radius 3 is 2.31 bits per heavy atom. The van der Waals surface area contributed by atoms with Crippen molar-refractivity contribution in [1.29, 1.82) is 0 Å². The van der Waals surface area contributed by atoms with Crippen molar-refractivity contribution in [2.45, 2.75) is 0 Å². The van der Waals surface area contributed by atoms with Gasteiger partial charge in [0.15, 0.2) is 0 Å². The summed E-state index contributed by atoms with van der Waals surface area (Å²) < 4.78 is 2.33. The third kappa shape index (κ3) is 2.19. The maximum atomic E-state index is 2.33. The Morgan fingerprint density at radius 1 is 0.692 bits per heavy atom. The van der Waals surface area contributed by atoms with Gasteiger partial charge in [0.05, 0.1) is 5.52 Å². The van der Waals surface area contributed by atoms with Crippen LogP contribution in [0.3, 0.4) is 0 Å². The smallest absolute Gasteiger partial charge is 0.0612 e. The highest BCUT2D eigenvalue weighted by Crippen LogP contribution is 2.37. The van der Waals surface area contributed by atoms with Crippen molar-refractivity contribution < 1.29 is 0 Å². The Bertz CT molecular complexity index is 1200. The Morgan fingerprint density at radius 2 is 1.50 bits per heavy atom. The first-order valence-corrected chi connectivity index (χ1v) is 8.92. The number of anilines is 1. The van der Waals surface area contributed by atoms with Crippen LogP contribution in [0.4, 0.5) is 5.69 Å². The number of benzene rings is 3. The van der Waals surface area contributed by atoms with Gasteiger partial charge in [-0.15, -0.1) is 0 Å². The van der Waals surface area contributed by atoms with Crippen LogP contribution in [-0.2, 0) is 0 Å². The first kappa shape index (κ1) is 15.0. The van der Waals surface area contributed by atoms with Crippen molar-refractivity contribution in [2.75, 3.05) is 19.0 Å². The lowest BCUT2D eigenvalue weighted by atomic mass is 9.99. The van der Waals surface area contributed by atoms with E-state index in [9.17, 15) is 0 Å². The maximum absolute atomic E-state index is 2.33. The summed E-state index contributed by atoms with van der Waals surface area (Å²) in [4.78, 5) is 2.13. The highest BCUT2D eigenvalue weighted by Gasteiger charge is 2.14. The Labute approximate surface area is 153 Å². The molecule has 0 amide bonds. The lowest BCUT2D eigenvalue weighted by Crippen LogP contribution is -2.08. The van der Waals surface area contributed by atoms with Crippen LogP contribution in [0, 0.1) is 0 Å². The molecule has 0 N–H and O–H groups in total. The first-order valence-electron chi connectivity index (χ1n) is 8.92. The van der Waals surface area contributed by atoms with E-state index in [1.54, 1.807) is 0 Å². The van der Waals surface area contributed by atoms with Crippen LogP contribution in [-0.4, -0.2) is 18.7 Å². The standard InChI is InChI=1S/C24H20N2/c1-25(2)19-11-13-20(14-12-19)26-16-18-7-5-9-21(18)23-15-10-17-6-3-4-8-22(17)24(23)26/h3-16H,1-2H3. The second-order valence-electron chi connectivity index (χ2n) is 6.99. The van der Waals surface area contributed by atoms with Gasteiger partial charge >= 0.3 is 0 Å². The molecule has 2 aliphatic rings. The van der Waals surface area contributed by atoms with E-state index in [0.717, 1.165) is 0 Å². The number of hydrogen-bond donors (Lipinski definition) is 0. The van der Waals surface area contributed by atoms with Crippen LogP contribution in [0.2, 0.25) is 0 Å². The first-order chi connectivity index (χ1) is 12.7. The Kier molecular flexibility index (Phi) is 3.26. The summed E-state index contributed by atoms with van der Waals surface area (Å²) in [5, 5.41) is 3.84. The summed E-state index contributed by atoms with van der Waals surface area (Å²) >= 11 is 0. The largest absolute Gasteiger partial charge is 0.378 e. The molecule has 2 nitrogen and oxygen atoms in total. The Hall–Kier alpha value is -3.26. The molecule has 0 aromatic heterocycles. The van der Waals surface area contributed by atoms with Crippen LogP contribution in [0.25, 0.3) is 38.5 Å². The molecule has 0 radical (unpaired) electrons. The summed E-state index contributed by atoms with van der Waals surface area (Å²) in [5.41, 5.74) is 6.23. The zero-order chi connectivity index (χ0) is 17.7. The third-order valence-corrected chi connectivity index (χ3v) is 5.19. The molecular formula is C24H20N2. The summed E-state index contributed by atoms with van der Waals surface area (Å²) in [7, 11) is 4.14.